The van der Waals surface area contributed by atoms with Crippen LogP contribution in [0.1, 0.15) is 19.3 Å². The van der Waals surface area contributed by atoms with Crippen molar-refractivity contribution in [3.8, 4) is 0 Å². The third-order valence-corrected chi connectivity index (χ3v) is 1.84. The first-order valence-electron chi connectivity index (χ1n) is 4.37. The molecule has 3 unspecified atom stereocenters. The zero-order chi connectivity index (χ0) is 10.3. The molecule has 0 aromatic rings. The number of hydrogen-bond acceptors (Lipinski definition) is 5. The normalized spacial score (nSPS) is 18.2. The van der Waals surface area contributed by atoms with Crippen LogP contribution in [0.25, 0.3) is 0 Å². The lowest BCUT2D eigenvalue weighted by Gasteiger charge is -2.19. The van der Waals surface area contributed by atoms with Crippen LogP contribution in [0, 0.1) is 0 Å². The molecule has 13 heavy (non-hydrogen) atoms. The van der Waals surface area contributed by atoms with Gasteiger partial charge < -0.3 is 25.5 Å². The summed E-state index contributed by atoms with van der Waals surface area (Å²) < 4.78 is 0. The maximum atomic E-state index is 9.24. The van der Waals surface area contributed by atoms with Crippen molar-refractivity contribution in [2.24, 2.45) is 0 Å². The smallest absolute Gasteiger partial charge is 0.0824 e. The molecule has 0 saturated heterocycles. The molecule has 0 amide bonds. The fourth-order valence-corrected chi connectivity index (χ4v) is 1.03. The fourth-order valence-electron chi connectivity index (χ4n) is 1.03. The topological polar surface area (TPSA) is 101 Å². The van der Waals surface area contributed by atoms with Crippen LogP contribution in [0.2, 0.25) is 0 Å². The summed E-state index contributed by atoms with van der Waals surface area (Å²) in [6, 6.07) is 0. The van der Waals surface area contributed by atoms with Gasteiger partial charge in [0.05, 0.1) is 18.3 Å². The number of aliphatic hydroxyl groups is 5. The van der Waals surface area contributed by atoms with E-state index in [2.05, 4.69) is 0 Å². The van der Waals surface area contributed by atoms with Gasteiger partial charge in [-0.1, -0.05) is 0 Å². The lowest BCUT2D eigenvalue weighted by Crippen LogP contribution is -2.31. The van der Waals surface area contributed by atoms with Crippen LogP contribution in [-0.2, 0) is 0 Å². The van der Waals surface area contributed by atoms with Crippen LogP contribution < -0.4 is 0 Å². The molecule has 0 saturated carbocycles. The molecule has 0 bridgehead atoms. The molecule has 0 heterocycles. The summed E-state index contributed by atoms with van der Waals surface area (Å²) in [5.41, 5.74) is 0. The summed E-state index contributed by atoms with van der Waals surface area (Å²) in [6.45, 7) is -0.349. The highest BCUT2D eigenvalue weighted by atomic mass is 16.3. The molecule has 0 radical (unpaired) electrons. The van der Waals surface area contributed by atoms with E-state index in [1.165, 1.54) is 0 Å². The van der Waals surface area contributed by atoms with Crippen molar-refractivity contribution in [3.05, 3.63) is 0 Å². The maximum absolute atomic E-state index is 9.24. The molecule has 0 fully saturated rings. The lowest BCUT2D eigenvalue weighted by atomic mass is 10.0. The Hall–Kier alpha value is -0.200. The summed E-state index contributed by atoms with van der Waals surface area (Å²) in [5, 5.41) is 44.4. The molecule has 0 aliphatic rings. The van der Waals surface area contributed by atoms with E-state index in [9.17, 15) is 5.11 Å². The van der Waals surface area contributed by atoms with Crippen molar-refractivity contribution in [1.82, 2.24) is 0 Å². The predicted molar refractivity (Wildman–Crippen MR) is 46.0 cm³/mol. The standard InChI is InChI=1S/C8H18O5/c9-3-1-6(11)5-8(13)7(12)2-4-10/h6-13H,1-5H2. The molecule has 0 aromatic heterocycles. The average Bonchev–Trinajstić information content (AvgIpc) is 2.05. The van der Waals surface area contributed by atoms with Gasteiger partial charge in [-0.2, -0.15) is 0 Å². The minimum Gasteiger partial charge on any atom is -0.396 e. The Bertz CT molecular complexity index is 119. The second kappa shape index (κ2) is 7.23. The van der Waals surface area contributed by atoms with E-state index in [1.54, 1.807) is 0 Å². The van der Waals surface area contributed by atoms with Crippen LogP contribution in [0.3, 0.4) is 0 Å². The lowest BCUT2D eigenvalue weighted by molar-refractivity contribution is -0.0252. The van der Waals surface area contributed by atoms with Gasteiger partial charge in [0.1, 0.15) is 0 Å². The second-order valence-corrected chi connectivity index (χ2v) is 3.05. The Balaban J connectivity index is 3.64. The quantitative estimate of drug-likeness (QED) is 0.330. The molecule has 5 nitrogen and oxygen atoms in total. The molecule has 0 aliphatic carbocycles. The fraction of sp³-hybridized carbons (Fsp3) is 1.00. The van der Waals surface area contributed by atoms with Crippen LogP contribution >= 0.6 is 0 Å². The summed E-state index contributed by atoms with van der Waals surface area (Å²) in [7, 11) is 0. The first-order chi connectivity index (χ1) is 6.11. The van der Waals surface area contributed by atoms with Gasteiger partial charge in [-0.25, -0.2) is 0 Å². The van der Waals surface area contributed by atoms with E-state index >= 15 is 0 Å². The highest BCUT2D eigenvalue weighted by Crippen LogP contribution is 2.08. The number of aliphatic hydroxyl groups excluding tert-OH is 5. The first-order valence-corrected chi connectivity index (χ1v) is 4.37. The predicted octanol–water partition coefficient (Wildman–Crippen LogP) is -1.78. The third-order valence-electron chi connectivity index (χ3n) is 1.84. The molecule has 0 aromatic carbocycles. The summed E-state index contributed by atoms with van der Waals surface area (Å²) >= 11 is 0. The molecule has 0 rings (SSSR count). The molecule has 5 heteroatoms. The maximum Gasteiger partial charge on any atom is 0.0824 e. The van der Waals surface area contributed by atoms with Crippen molar-refractivity contribution in [3.63, 3.8) is 0 Å². The molecule has 0 spiro atoms. The highest BCUT2D eigenvalue weighted by Gasteiger charge is 2.18. The highest BCUT2D eigenvalue weighted by molar-refractivity contribution is 4.70. The zero-order valence-electron chi connectivity index (χ0n) is 7.50. The van der Waals surface area contributed by atoms with E-state index in [4.69, 9.17) is 20.4 Å². The van der Waals surface area contributed by atoms with Crippen LogP contribution in [-0.4, -0.2) is 57.1 Å². The van der Waals surface area contributed by atoms with E-state index in [-0.39, 0.29) is 32.5 Å². The van der Waals surface area contributed by atoms with E-state index in [0.29, 0.717) is 0 Å². The van der Waals surface area contributed by atoms with Crippen molar-refractivity contribution in [1.29, 1.82) is 0 Å². The Kier molecular flexibility index (Phi) is 7.12. The van der Waals surface area contributed by atoms with Crippen LogP contribution in [0.15, 0.2) is 0 Å². The largest absolute Gasteiger partial charge is 0.396 e. The Morgan fingerprint density at radius 1 is 0.769 bits per heavy atom. The Morgan fingerprint density at radius 2 is 1.31 bits per heavy atom. The average molecular weight is 194 g/mol. The zero-order valence-corrected chi connectivity index (χ0v) is 7.50. The van der Waals surface area contributed by atoms with Crippen molar-refractivity contribution in [2.45, 2.75) is 37.6 Å². The first kappa shape index (κ1) is 12.8. The van der Waals surface area contributed by atoms with Crippen LogP contribution in [0.4, 0.5) is 0 Å². The van der Waals surface area contributed by atoms with Gasteiger partial charge in [0, 0.05) is 19.6 Å². The minimum absolute atomic E-state index is 0.0156. The molecule has 80 valence electrons. The van der Waals surface area contributed by atoms with Gasteiger partial charge in [-0.3, -0.25) is 0 Å². The van der Waals surface area contributed by atoms with Gasteiger partial charge >= 0.3 is 0 Å². The molecule has 5 N–H and O–H groups in total. The molecule has 3 atom stereocenters. The van der Waals surface area contributed by atoms with Gasteiger partial charge in [0.2, 0.25) is 0 Å². The Morgan fingerprint density at radius 3 is 1.77 bits per heavy atom. The number of hydrogen-bond donors (Lipinski definition) is 5. The summed E-state index contributed by atoms with van der Waals surface area (Å²) in [4.78, 5) is 0. The monoisotopic (exact) mass is 194 g/mol. The van der Waals surface area contributed by atoms with Gasteiger partial charge in [0.25, 0.3) is 0 Å². The SMILES string of the molecule is OCCC(O)CC(O)C(O)CCO. The van der Waals surface area contributed by atoms with Gasteiger partial charge in [-0.15, -0.1) is 0 Å². The van der Waals surface area contributed by atoms with Gasteiger partial charge in [0.15, 0.2) is 0 Å². The van der Waals surface area contributed by atoms with E-state index < -0.39 is 18.3 Å². The summed E-state index contributed by atoms with van der Waals surface area (Å²) in [5.74, 6) is 0. The Labute approximate surface area is 77.3 Å². The van der Waals surface area contributed by atoms with Crippen molar-refractivity contribution in [2.75, 3.05) is 13.2 Å². The van der Waals surface area contributed by atoms with E-state index in [0.717, 1.165) is 0 Å². The second-order valence-electron chi connectivity index (χ2n) is 3.05. The molecular weight excluding hydrogens is 176 g/mol. The molecule has 0 aliphatic heterocycles. The minimum atomic E-state index is -1.05. The van der Waals surface area contributed by atoms with E-state index in [1.807, 2.05) is 0 Å². The number of rotatable bonds is 7. The summed E-state index contributed by atoms with van der Waals surface area (Å²) in [6.07, 6.45) is -2.59. The van der Waals surface area contributed by atoms with Gasteiger partial charge in [-0.05, 0) is 12.8 Å². The third kappa shape index (κ3) is 5.95. The van der Waals surface area contributed by atoms with Crippen molar-refractivity contribution >= 4 is 0 Å². The van der Waals surface area contributed by atoms with Crippen LogP contribution in [0.5, 0.6) is 0 Å². The molecular formula is C8H18O5. The van der Waals surface area contributed by atoms with Crippen molar-refractivity contribution < 1.29 is 25.5 Å².